The lowest BCUT2D eigenvalue weighted by atomic mass is 9.96. The molecule has 0 aliphatic rings. The first-order chi connectivity index (χ1) is 18.3. The van der Waals surface area contributed by atoms with Crippen LogP contribution in [0.5, 0.6) is 0 Å². The molecule has 0 amide bonds. The van der Waals surface area contributed by atoms with E-state index in [1.165, 1.54) is 43.4 Å². The molecule has 7 aromatic carbocycles. The second kappa shape index (κ2) is 8.96. The first kappa shape index (κ1) is 21.4. The minimum absolute atomic E-state index is 1.14. The molecule has 0 aliphatic heterocycles. The predicted octanol–water partition coefficient (Wildman–Crippen LogP) is 10.3. The molecule has 0 radical (unpaired) electrons. The predicted molar refractivity (Wildman–Crippen MR) is 159 cm³/mol. The van der Waals surface area contributed by atoms with Gasteiger partial charge in [-0.1, -0.05) is 115 Å². The molecule has 0 fully saturated rings. The largest absolute Gasteiger partial charge is 0.310 e. The van der Waals surface area contributed by atoms with Gasteiger partial charge in [0.1, 0.15) is 0 Å². The van der Waals surface area contributed by atoms with Crippen LogP contribution < -0.4 is 4.90 Å². The summed E-state index contributed by atoms with van der Waals surface area (Å²) in [5.41, 5.74) is 5.86. The van der Waals surface area contributed by atoms with Crippen LogP contribution in [0.15, 0.2) is 152 Å². The number of rotatable bonds is 4. The molecule has 0 atom stereocenters. The summed E-state index contributed by atoms with van der Waals surface area (Å²) in [4.78, 5) is 2.33. The van der Waals surface area contributed by atoms with Gasteiger partial charge in [0.25, 0.3) is 0 Å². The van der Waals surface area contributed by atoms with Gasteiger partial charge < -0.3 is 4.90 Å². The number of anilines is 3. The Balaban J connectivity index is 1.39. The molecule has 1 nitrogen and oxygen atoms in total. The fourth-order valence-corrected chi connectivity index (χ4v) is 5.42. The van der Waals surface area contributed by atoms with E-state index >= 15 is 0 Å². The van der Waals surface area contributed by atoms with E-state index < -0.39 is 0 Å². The maximum absolute atomic E-state index is 2.33. The number of para-hydroxylation sites is 1. The normalized spacial score (nSPS) is 11.2. The van der Waals surface area contributed by atoms with Crippen molar-refractivity contribution in [3.8, 4) is 11.1 Å². The zero-order chi connectivity index (χ0) is 24.6. The van der Waals surface area contributed by atoms with Gasteiger partial charge in [0.15, 0.2) is 0 Å². The van der Waals surface area contributed by atoms with Gasteiger partial charge in [-0.15, -0.1) is 0 Å². The second-order valence-electron chi connectivity index (χ2n) is 9.44. The van der Waals surface area contributed by atoms with Gasteiger partial charge in [-0.2, -0.15) is 0 Å². The van der Waals surface area contributed by atoms with Crippen molar-refractivity contribution in [3.63, 3.8) is 0 Å². The Morgan fingerprint density at radius 1 is 0.324 bits per heavy atom. The standard InChI is InChI=1S/C36H25N/c1-3-9-26(10-4-1)27-19-21-32(22-20-27)37(31-12-5-2-6-13-31)33-23-24-35-30(25-33)18-17-29-16-15-28-11-7-8-14-34(28)36(29)35/h1-25H. The summed E-state index contributed by atoms with van der Waals surface area (Å²) in [5.74, 6) is 0. The molecule has 0 bridgehead atoms. The van der Waals surface area contributed by atoms with Crippen molar-refractivity contribution < 1.29 is 0 Å². The molecule has 0 N–H and O–H groups in total. The molecule has 0 aromatic heterocycles. The highest BCUT2D eigenvalue weighted by Crippen LogP contribution is 2.39. The van der Waals surface area contributed by atoms with Crippen molar-refractivity contribution in [3.05, 3.63) is 152 Å². The van der Waals surface area contributed by atoms with E-state index in [-0.39, 0.29) is 0 Å². The van der Waals surface area contributed by atoms with Gasteiger partial charge in [-0.05, 0) is 79.8 Å². The molecule has 0 saturated carbocycles. The summed E-state index contributed by atoms with van der Waals surface area (Å²) >= 11 is 0. The summed E-state index contributed by atoms with van der Waals surface area (Å²) in [5, 5.41) is 7.69. The van der Waals surface area contributed by atoms with Crippen molar-refractivity contribution in [2.45, 2.75) is 0 Å². The van der Waals surface area contributed by atoms with Gasteiger partial charge in [0.05, 0.1) is 0 Å². The molecule has 7 rings (SSSR count). The van der Waals surface area contributed by atoms with Crippen molar-refractivity contribution in [2.24, 2.45) is 0 Å². The van der Waals surface area contributed by atoms with E-state index in [2.05, 4.69) is 157 Å². The fourth-order valence-electron chi connectivity index (χ4n) is 5.42. The van der Waals surface area contributed by atoms with Crippen LogP contribution in [0.4, 0.5) is 17.1 Å². The summed E-state index contributed by atoms with van der Waals surface area (Å²) in [7, 11) is 0. The zero-order valence-corrected chi connectivity index (χ0v) is 20.4. The highest BCUT2D eigenvalue weighted by molar-refractivity contribution is 6.20. The quantitative estimate of drug-likeness (QED) is 0.231. The Kier molecular flexibility index (Phi) is 5.19. The molecule has 174 valence electrons. The average Bonchev–Trinajstić information content (AvgIpc) is 2.98. The molecule has 7 aromatic rings. The number of hydrogen-bond acceptors (Lipinski definition) is 1. The molecule has 1 heteroatoms. The van der Waals surface area contributed by atoms with Crippen molar-refractivity contribution in [1.82, 2.24) is 0 Å². The van der Waals surface area contributed by atoms with Gasteiger partial charge >= 0.3 is 0 Å². The van der Waals surface area contributed by atoms with Crippen molar-refractivity contribution >= 4 is 49.4 Å². The third-order valence-corrected chi connectivity index (χ3v) is 7.21. The van der Waals surface area contributed by atoms with E-state index in [0.29, 0.717) is 0 Å². The lowest BCUT2D eigenvalue weighted by Crippen LogP contribution is -2.09. The van der Waals surface area contributed by atoms with Gasteiger partial charge in [-0.25, -0.2) is 0 Å². The molecular weight excluding hydrogens is 446 g/mol. The molecule has 37 heavy (non-hydrogen) atoms. The molecular formula is C36H25N. The lowest BCUT2D eigenvalue weighted by molar-refractivity contribution is 1.29. The summed E-state index contributed by atoms with van der Waals surface area (Å²) in [6.45, 7) is 0. The van der Waals surface area contributed by atoms with E-state index in [1.807, 2.05) is 0 Å². The number of hydrogen-bond donors (Lipinski definition) is 0. The fraction of sp³-hybridized carbons (Fsp3) is 0. The Hall–Kier alpha value is -4.88. The van der Waals surface area contributed by atoms with Crippen LogP contribution in [0.2, 0.25) is 0 Å². The number of fused-ring (bicyclic) bond motifs is 5. The molecule has 0 heterocycles. The van der Waals surface area contributed by atoms with Gasteiger partial charge in [-0.3, -0.25) is 0 Å². The van der Waals surface area contributed by atoms with E-state index in [1.54, 1.807) is 0 Å². The highest BCUT2D eigenvalue weighted by atomic mass is 15.1. The second-order valence-corrected chi connectivity index (χ2v) is 9.44. The van der Waals surface area contributed by atoms with Crippen LogP contribution in [0.3, 0.4) is 0 Å². The maximum atomic E-state index is 2.33. The Bertz CT molecular complexity index is 1850. The van der Waals surface area contributed by atoms with E-state index in [0.717, 1.165) is 17.1 Å². The zero-order valence-electron chi connectivity index (χ0n) is 20.4. The monoisotopic (exact) mass is 471 g/mol. The molecule has 0 saturated heterocycles. The third-order valence-electron chi connectivity index (χ3n) is 7.21. The first-order valence-electron chi connectivity index (χ1n) is 12.7. The average molecular weight is 472 g/mol. The Labute approximate surface area is 216 Å². The summed E-state index contributed by atoms with van der Waals surface area (Å²) in [6, 6.07) is 54.4. The topological polar surface area (TPSA) is 3.24 Å². The summed E-state index contributed by atoms with van der Waals surface area (Å²) < 4.78 is 0. The lowest BCUT2D eigenvalue weighted by Gasteiger charge is -2.26. The van der Waals surface area contributed by atoms with Crippen molar-refractivity contribution in [1.29, 1.82) is 0 Å². The highest BCUT2D eigenvalue weighted by Gasteiger charge is 2.14. The SMILES string of the molecule is c1ccc(-c2ccc(N(c3ccccc3)c3ccc4c(ccc5ccc6ccccc6c54)c3)cc2)cc1. The first-order valence-corrected chi connectivity index (χ1v) is 12.7. The number of nitrogens with zero attached hydrogens (tertiary/aromatic N) is 1. The Morgan fingerprint density at radius 3 is 1.65 bits per heavy atom. The van der Waals surface area contributed by atoms with E-state index in [4.69, 9.17) is 0 Å². The van der Waals surface area contributed by atoms with Crippen molar-refractivity contribution in [2.75, 3.05) is 4.90 Å². The maximum Gasteiger partial charge on any atom is 0.0468 e. The van der Waals surface area contributed by atoms with E-state index in [9.17, 15) is 0 Å². The molecule has 0 unspecified atom stereocenters. The summed E-state index contributed by atoms with van der Waals surface area (Å²) in [6.07, 6.45) is 0. The number of benzene rings is 7. The van der Waals surface area contributed by atoms with Crippen LogP contribution in [0.25, 0.3) is 43.4 Å². The van der Waals surface area contributed by atoms with Gasteiger partial charge in [0, 0.05) is 17.1 Å². The minimum atomic E-state index is 1.14. The minimum Gasteiger partial charge on any atom is -0.310 e. The Morgan fingerprint density at radius 2 is 0.865 bits per heavy atom. The molecule has 0 aliphatic carbocycles. The third kappa shape index (κ3) is 3.82. The smallest absolute Gasteiger partial charge is 0.0468 e. The van der Waals surface area contributed by atoms with Crippen LogP contribution >= 0.6 is 0 Å². The van der Waals surface area contributed by atoms with Crippen LogP contribution in [0, 0.1) is 0 Å². The van der Waals surface area contributed by atoms with Crippen LogP contribution in [0.1, 0.15) is 0 Å². The molecule has 0 spiro atoms. The van der Waals surface area contributed by atoms with Gasteiger partial charge in [0.2, 0.25) is 0 Å². The van der Waals surface area contributed by atoms with Crippen LogP contribution in [-0.4, -0.2) is 0 Å². The van der Waals surface area contributed by atoms with Crippen LogP contribution in [-0.2, 0) is 0 Å².